The first-order valence-corrected chi connectivity index (χ1v) is 15.2. The van der Waals surface area contributed by atoms with Gasteiger partial charge in [-0.05, 0) is 69.7 Å². The minimum atomic E-state index is -4.25. The van der Waals surface area contributed by atoms with Gasteiger partial charge in [-0.3, -0.25) is 13.9 Å². The number of amides is 2. The first kappa shape index (κ1) is 32.0. The molecule has 0 spiro atoms. The zero-order valence-corrected chi connectivity index (χ0v) is 26.5. The Bertz CT molecular complexity index is 1480. The molecule has 0 fully saturated rings. The molecule has 220 valence electrons. The average molecular weight is 647 g/mol. The molecule has 0 radical (unpaired) electrons. The maximum absolute atomic E-state index is 14.1. The highest BCUT2D eigenvalue weighted by molar-refractivity contribution is 9.10. The van der Waals surface area contributed by atoms with E-state index in [9.17, 15) is 18.0 Å². The minimum Gasteiger partial charge on any atom is -0.497 e. The van der Waals surface area contributed by atoms with Crippen LogP contribution in [-0.2, 0) is 26.2 Å². The third-order valence-corrected chi connectivity index (χ3v) is 8.44. The van der Waals surface area contributed by atoms with Crippen LogP contribution in [0.25, 0.3) is 0 Å². The van der Waals surface area contributed by atoms with E-state index >= 15 is 0 Å². The molecule has 3 aromatic rings. The van der Waals surface area contributed by atoms with Crippen LogP contribution in [0.2, 0.25) is 0 Å². The van der Waals surface area contributed by atoms with Gasteiger partial charge in [0.2, 0.25) is 11.8 Å². The van der Waals surface area contributed by atoms with Gasteiger partial charge in [-0.15, -0.1) is 0 Å². The number of hydrogen-bond acceptors (Lipinski definition) is 6. The molecule has 0 saturated carbocycles. The summed E-state index contributed by atoms with van der Waals surface area (Å²) in [4.78, 5) is 28.7. The third-order valence-electron chi connectivity index (χ3n) is 6.17. The van der Waals surface area contributed by atoms with E-state index in [0.29, 0.717) is 5.75 Å². The SMILES string of the molecule is COc1ccc(OC)c(N(CC(=O)N(Cc2cccc(Br)c2)[C@H](C)C(=O)NC(C)(C)C)S(=O)(=O)c2ccccc2)c1. The van der Waals surface area contributed by atoms with Gasteiger partial charge in [0.15, 0.2) is 0 Å². The molecule has 1 N–H and O–H groups in total. The number of methoxy groups -OCH3 is 2. The van der Waals surface area contributed by atoms with Crippen molar-refractivity contribution in [1.29, 1.82) is 0 Å². The van der Waals surface area contributed by atoms with Crippen molar-refractivity contribution >= 4 is 43.5 Å². The van der Waals surface area contributed by atoms with Crippen LogP contribution in [0, 0.1) is 0 Å². The summed E-state index contributed by atoms with van der Waals surface area (Å²) in [5.74, 6) is -0.330. The molecular weight excluding hydrogens is 610 g/mol. The normalized spacial score (nSPS) is 12.3. The number of anilines is 1. The Balaban J connectivity index is 2.12. The van der Waals surface area contributed by atoms with Crippen LogP contribution >= 0.6 is 15.9 Å². The number of halogens is 1. The molecular formula is C30H36BrN3O6S. The van der Waals surface area contributed by atoms with Gasteiger partial charge in [-0.1, -0.05) is 46.3 Å². The fourth-order valence-corrected chi connectivity index (χ4v) is 6.00. The van der Waals surface area contributed by atoms with E-state index in [-0.39, 0.29) is 28.8 Å². The minimum absolute atomic E-state index is 0.00487. The van der Waals surface area contributed by atoms with E-state index in [2.05, 4.69) is 21.2 Å². The molecule has 1 atom stereocenters. The molecule has 11 heteroatoms. The van der Waals surface area contributed by atoms with Crippen molar-refractivity contribution in [3.8, 4) is 11.5 Å². The molecule has 0 aliphatic carbocycles. The smallest absolute Gasteiger partial charge is 0.264 e. The van der Waals surface area contributed by atoms with Crippen LogP contribution in [0.1, 0.15) is 33.3 Å². The topological polar surface area (TPSA) is 105 Å². The lowest BCUT2D eigenvalue weighted by atomic mass is 10.1. The fourth-order valence-electron chi connectivity index (χ4n) is 4.11. The van der Waals surface area contributed by atoms with Crippen LogP contribution < -0.4 is 19.1 Å². The van der Waals surface area contributed by atoms with Crippen molar-refractivity contribution in [2.75, 3.05) is 25.1 Å². The number of nitrogens with zero attached hydrogens (tertiary/aromatic N) is 2. The summed E-state index contributed by atoms with van der Waals surface area (Å²) < 4.78 is 40.7. The highest BCUT2D eigenvalue weighted by Gasteiger charge is 2.34. The van der Waals surface area contributed by atoms with Crippen molar-refractivity contribution in [3.05, 3.63) is 82.8 Å². The fraction of sp³-hybridized carbons (Fsp3) is 0.333. The first-order valence-electron chi connectivity index (χ1n) is 12.9. The van der Waals surface area contributed by atoms with Crippen LogP contribution in [-0.4, -0.2) is 57.5 Å². The van der Waals surface area contributed by atoms with Crippen molar-refractivity contribution in [3.63, 3.8) is 0 Å². The van der Waals surface area contributed by atoms with Crippen molar-refractivity contribution in [2.45, 2.75) is 50.7 Å². The number of benzene rings is 3. The van der Waals surface area contributed by atoms with Gasteiger partial charge in [-0.25, -0.2) is 8.42 Å². The van der Waals surface area contributed by atoms with Crippen molar-refractivity contribution in [1.82, 2.24) is 10.2 Å². The van der Waals surface area contributed by atoms with Gasteiger partial charge in [0, 0.05) is 22.6 Å². The lowest BCUT2D eigenvalue weighted by Gasteiger charge is -2.33. The highest BCUT2D eigenvalue weighted by Crippen LogP contribution is 2.36. The maximum Gasteiger partial charge on any atom is 0.264 e. The number of sulfonamides is 1. The third kappa shape index (κ3) is 8.23. The molecule has 0 aromatic heterocycles. The number of ether oxygens (including phenoxy) is 2. The number of rotatable bonds is 11. The van der Waals surface area contributed by atoms with E-state index in [0.717, 1.165) is 14.3 Å². The molecule has 0 bridgehead atoms. The maximum atomic E-state index is 14.1. The quantitative estimate of drug-likeness (QED) is 0.315. The van der Waals surface area contributed by atoms with E-state index in [4.69, 9.17) is 9.47 Å². The zero-order chi connectivity index (χ0) is 30.4. The standard InChI is InChI=1S/C30H36BrN3O6S/c1-21(29(36)32-30(2,3)4)33(19-22-11-10-12-23(31)17-22)28(35)20-34(41(37,38)25-13-8-7-9-14-25)26-18-24(39-5)15-16-27(26)40-6/h7-18,21H,19-20H2,1-6H3,(H,32,36)/t21-/m1/s1. The Kier molecular flexibility index (Phi) is 10.4. The Hall–Kier alpha value is -3.57. The Morgan fingerprint density at radius 2 is 1.63 bits per heavy atom. The lowest BCUT2D eigenvalue weighted by molar-refractivity contribution is -0.140. The molecule has 41 heavy (non-hydrogen) atoms. The van der Waals surface area contributed by atoms with Crippen LogP contribution in [0.15, 0.2) is 82.2 Å². The molecule has 0 saturated heterocycles. The summed E-state index contributed by atoms with van der Waals surface area (Å²) >= 11 is 3.45. The zero-order valence-electron chi connectivity index (χ0n) is 24.0. The predicted octanol–water partition coefficient (Wildman–Crippen LogP) is 4.99. The van der Waals surface area contributed by atoms with Crippen molar-refractivity contribution < 1.29 is 27.5 Å². The molecule has 0 unspecified atom stereocenters. The second-order valence-corrected chi connectivity index (χ2v) is 13.2. The molecule has 3 aromatic carbocycles. The van der Waals surface area contributed by atoms with Gasteiger partial charge in [0.1, 0.15) is 24.1 Å². The van der Waals surface area contributed by atoms with Crippen molar-refractivity contribution in [2.24, 2.45) is 0 Å². The Labute approximate surface area is 250 Å². The van der Waals surface area contributed by atoms with Crippen LogP contribution in [0.4, 0.5) is 5.69 Å². The van der Waals surface area contributed by atoms with Gasteiger partial charge in [-0.2, -0.15) is 0 Å². The van der Waals surface area contributed by atoms with Gasteiger partial charge in [0.05, 0.1) is 24.8 Å². The molecule has 2 amide bonds. The molecule has 0 aliphatic rings. The number of carbonyl (C=O) groups excluding carboxylic acids is 2. The number of carbonyl (C=O) groups is 2. The van der Waals surface area contributed by atoms with Crippen LogP contribution in [0.5, 0.6) is 11.5 Å². The molecule has 0 heterocycles. The summed E-state index contributed by atoms with van der Waals surface area (Å²) in [6.07, 6.45) is 0. The Morgan fingerprint density at radius 3 is 2.22 bits per heavy atom. The second kappa shape index (κ2) is 13.4. The van der Waals surface area contributed by atoms with E-state index in [1.807, 2.05) is 45.0 Å². The lowest BCUT2D eigenvalue weighted by Crippen LogP contribution is -2.54. The average Bonchev–Trinajstić information content (AvgIpc) is 2.93. The highest BCUT2D eigenvalue weighted by atomic mass is 79.9. The monoisotopic (exact) mass is 645 g/mol. The summed E-state index contributed by atoms with van der Waals surface area (Å²) in [6, 6.07) is 19.0. The van der Waals surface area contributed by atoms with Gasteiger partial charge in [0.25, 0.3) is 10.0 Å². The molecule has 0 aliphatic heterocycles. The summed E-state index contributed by atoms with van der Waals surface area (Å²) in [7, 11) is -1.38. The number of nitrogens with one attached hydrogen (secondary N) is 1. The number of hydrogen-bond donors (Lipinski definition) is 1. The largest absolute Gasteiger partial charge is 0.497 e. The summed E-state index contributed by atoms with van der Waals surface area (Å²) in [5, 5.41) is 2.92. The molecule has 3 rings (SSSR count). The van der Waals surface area contributed by atoms with Gasteiger partial charge < -0.3 is 19.7 Å². The van der Waals surface area contributed by atoms with E-state index < -0.39 is 34.1 Å². The van der Waals surface area contributed by atoms with E-state index in [1.165, 1.54) is 37.3 Å². The predicted molar refractivity (Wildman–Crippen MR) is 163 cm³/mol. The molecule has 9 nitrogen and oxygen atoms in total. The summed E-state index contributed by atoms with van der Waals surface area (Å²) in [6.45, 7) is 6.65. The first-order chi connectivity index (χ1) is 19.3. The second-order valence-electron chi connectivity index (χ2n) is 10.4. The van der Waals surface area contributed by atoms with E-state index in [1.54, 1.807) is 37.3 Å². The van der Waals surface area contributed by atoms with Crippen LogP contribution in [0.3, 0.4) is 0 Å². The Morgan fingerprint density at radius 1 is 0.951 bits per heavy atom. The summed E-state index contributed by atoms with van der Waals surface area (Å²) in [5.41, 5.74) is 0.352. The van der Waals surface area contributed by atoms with Gasteiger partial charge >= 0.3 is 0 Å².